The highest BCUT2D eigenvalue weighted by molar-refractivity contribution is 7.51. The molecule has 0 spiro atoms. The first-order valence-corrected chi connectivity index (χ1v) is 9.44. The first-order chi connectivity index (χ1) is 9.33. The normalized spacial score (nSPS) is 33.9. The van der Waals surface area contributed by atoms with Crippen LogP contribution in [0, 0.1) is 0 Å². The van der Waals surface area contributed by atoms with Crippen molar-refractivity contribution in [1.29, 1.82) is 0 Å². The van der Waals surface area contributed by atoms with E-state index in [-0.39, 0.29) is 12.5 Å². The van der Waals surface area contributed by atoms with Crippen molar-refractivity contribution in [1.82, 2.24) is 5.32 Å². The van der Waals surface area contributed by atoms with E-state index in [1.54, 1.807) is 0 Å². The number of unbranched alkanes of at least 4 members (excludes halogenated alkanes) is 3. The SMILES string of the molecule is CCCCCCN[C@@H]1C[C@H](O)C[C@@H](O)[C@H]1OP(C)(=O)O. The Morgan fingerprint density at radius 2 is 1.95 bits per heavy atom. The number of hydrogen-bond donors (Lipinski definition) is 4. The van der Waals surface area contributed by atoms with E-state index >= 15 is 0 Å². The summed E-state index contributed by atoms with van der Waals surface area (Å²) in [5.41, 5.74) is 0. The Hall–Kier alpha value is 0.0300. The molecule has 4 N–H and O–H groups in total. The van der Waals surface area contributed by atoms with Crippen LogP contribution in [-0.4, -0.2) is 52.7 Å². The second-order valence-electron chi connectivity index (χ2n) is 5.69. The molecule has 7 heteroatoms. The van der Waals surface area contributed by atoms with Crippen LogP contribution in [0.4, 0.5) is 0 Å². The minimum absolute atomic E-state index is 0.179. The van der Waals surface area contributed by atoms with Crippen LogP contribution in [0.15, 0.2) is 0 Å². The minimum atomic E-state index is -3.66. The van der Waals surface area contributed by atoms with E-state index < -0.39 is 25.9 Å². The molecule has 0 aromatic heterocycles. The summed E-state index contributed by atoms with van der Waals surface area (Å²) in [6.07, 6.45) is 2.80. The smallest absolute Gasteiger partial charge is 0.325 e. The zero-order valence-electron chi connectivity index (χ0n) is 12.4. The highest BCUT2D eigenvalue weighted by atomic mass is 31.2. The van der Waals surface area contributed by atoms with E-state index in [1.165, 1.54) is 6.42 Å². The minimum Gasteiger partial charge on any atom is -0.393 e. The number of aliphatic hydroxyl groups excluding tert-OH is 2. The second kappa shape index (κ2) is 8.47. The molecule has 5 atom stereocenters. The van der Waals surface area contributed by atoms with E-state index in [4.69, 9.17) is 4.52 Å². The van der Waals surface area contributed by atoms with Crippen LogP contribution >= 0.6 is 7.60 Å². The molecule has 0 saturated heterocycles. The number of rotatable bonds is 8. The molecule has 1 aliphatic rings. The van der Waals surface area contributed by atoms with E-state index in [9.17, 15) is 19.7 Å². The monoisotopic (exact) mass is 309 g/mol. The largest absolute Gasteiger partial charge is 0.393 e. The molecule has 0 radical (unpaired) electrons. The van der Waals surface area contributed by atoms with Crippen LogP contribution < -0.4 is 5.32 Å². The highest BCUT2D eigenvalue weighted by Crippen LogP contribution is 2.41. The predicted octanol–water partition coefficient (Wildman–Crippen LogP) is 1.24. The van der Waals surface area contributed by atoms with Gasteiger partial charge in [0.15, 0.2) is 0 Å². The first-order valence-electron chi connectivity index (χ1n) is 7.41. The van der Waals surface area contributed by atoms with E-state index in [2.05, 4.69) is 12.2 Å². The van der Waals surface area contributed by atoms with E-state index in [0.29, 0.717) is 6.42 Å². The lowest BCUT2D eigenvalue weighted by atomic mass is 9.88. The molecule has 0 aromatic rings. The number of aliphatic hydroxyl groups is 2. The van der Waals surface area contributed by atoms with Gasteiger partial charge in [0.25, 0.3) is 0 Å². The summed E-state index contributed by atoms with van der Waals surface area (Å²) < 4.78 is 16.5. The molecule has 0 amide bonds. The quantitative estimate of drug-likeness (QED) is 0.398. The Labute approximate surface area is 121 Å². The maximum absolute atomic E-state index is 11.4. The maximum Gasteiger partial charge on any atom is 0.325 e. The van der Waals surface area contributed by atoms with Crippen molar-refractivity contribution in [2.24, 2.45) is 0 Å². The molecule has 1 fully saturated rings. The molecule has 20 heavy (non-hydrogen) atoms. The topological polar surface area (TPSA) is 99.0 Å². The Balaban J connectivity index is 2.50. The summed E-state index contributed by atoms with van der Waals surface area (Å²) >= 11 is 0. The average molecular weight is 309 g/mol. The van der Waals surface area contributed by atoms with Gasteiger partial charge in [-0.3, -0.25) is 4.57 Å². The Morgan fingerprint density at radius 1 is 1.25 bits per heavy atom. The van der Waals surface area contributed by atoms with Gasteiger partial charge in [0.1, 0.15) is 6.10 Å². The van der Waals surface area contributed by atoms with Gasteiger partial charge in [0.05, 0.1) is 12.2 Å². The Morgan fingerprint density at radius 3 is 2.55 bits per heavy atom. The fourth-order valence-corrected chi connectivity index (χ4v) is 3.35. The lowest BCUT2D eigenvalue weighted by Crippen LogP contribution is -2.54. The van der Waals surface area contributed by atoms with Gasteiger partial charge in [-0.1, -0.05) is 26.2 Å². The van der Waals surface area contributed by atoms with Gasteiger partial charge in [-0.25, -0.2) is 0 Å². The summed E-state index contributed by atoms with van der Waals surface area (Å²) in [6, 6.07) is -0.296. The van der Waals surface area contributed by atoms with Gasteiger partial charge >= 0.3 is 7.60 Å². The summed E-state index contributed by atoms with van der Waals surface area (Å²) in [4.78, 5) is 9.34. The first kappa shape index (κ1) is 18.1. The third-order valence-electron chi connectivity index (χ3n) is 3.57. The van der Waals surface area contributed by atoms with Crippen molar-refractivity contribution < 1.29 is 24.2 Å². The maximum atomic E-state index is 11.4. The average Bonchev–Trinajstić information content (AvgIpc) is 2.32. The van der Waals surface area contributed by atoms with Crippen LogP contribution in [0.2, 0.25) is 0 Å². The van der Waals surface area contributed by atoms with Gasteiger partial charge in [-0.2, -0.15) is 0 Å². The van der Waals surface area contributed by atoms with E-state index in [0.717, 1.165) is 32.5 Å². The molecule has 0 aromatic carbocycles. The highest BCUT2D eigenvalue weighted by Gasteiger charge is 2.39. The summed E-state index contributed by atoms with van der Waals surface area (Å²) in [6.45, 7) is 4.01. The third-order valence-corrected chi connectivity index (χ3v) is 4.20. The summed E-state index contributed by atoms with van der Waals surface area (Å²) in [5.74, 6) is 0. The van der Waals surface area contributed by atoms with Crippen molar-refractivity contribution in [3.05, 3.63) is 0 Å². The van der Waals surface area contributed by atoms with Crippen LogP contribution in [-0.2, 0) is 9.09 Å². The lowest BCUT2D eigenvalue weighted by Gasteiger charge is -2.38. The molecule has 0 aliphatic heterocycles. The summed E-state index contributed by atoms with van der Waals surface area (Å²) in [7, 11) is -3.66. The number of hydrogen-bond acceptors (Lipinski definition) is 5. The molecule has 120 valence electrons. The van der Waals surface area contributed by atoms with Gasteiger partial charge in [0, 0.05) is 19.1 Å². The molecular weight excluding hydrogens is 281 g/mol. The molecule has 1 rings (SSSR count). The standard InChI is InChI=1S/C13H28NO5P/c1-3-4-5-6-7-14-11-8-10(15)9-12(16)13(11)19-20(2,17)18/h10-16H,3-9H2,1-2H3,(H,17,18)/t10-,11+,12+,13-/m0/s1. The zero-order valence-corrected chi connectivity index (χ0v) is 13.3. The van der Waals surface area contributed by atoms with Crippen molar-refractivity contribution in [2.45, 2.75) is 69.8 Å². The molecule has 1 saturated carbocycles. The number of nitrogens with one attached hydrogen (secondary N) is 1. The molecule has 1 unspecified atom stereocenters. The van der Waals surface area contributed by atoms with Gasteiger partial charge in [-0.15, -0.1) is 0 Å². The van der Waals surface area contributed by atoms with Crippen LogP contribution in [0.3, 0.4) is 0 Å². The molecule has 0 bridgehead atoms. The predicted molar refractivity (Wildman–Crippen MR) is 77.8 cm³/mol. The molecule has 6 nitrogen and oxygen atoms in total. The van der Waals surface area contributed by atoms with E-state index in [1.807, 2.05) is 0 Å². The Kier molecular flexibility index (Phi) is 7.65. The van der Waals surface area contributed by atoms with Gasteiger partial charge in [0.2, 0.25) is 0 Å². The van der Waals surface area contributed by atoms with Gasteiger partial charge in [-0.05, 0) is 19.4 Å². The fraction of sp³-hybridized carbons (Fsp3) is 1.00. The van der Waals surface area contributed by atoms with Crippen molar-refractivity contribution >= 4 is 7.60 Å². The van der Waals surface area contributed by atoms with Crippen LogP contribution in [0.25, 0.3) is 0 Å². The molecular formula is C13H28NO5P. The van der Waals surface area contributed by atoms with Crippen molar-refractivity contribution in [3.63, 3.8) is 0 Å². The van der Waals surface area contributed by atoms with Crippen LogP contribution in [0.1, 0.15) is 45.4 Å². The van der Waals surface area contributed by atoms with Crippen molar-refractivity contribution in [3.8, 4) is 0 Å². The third kappa shape index (κ3) is 6.66. The molecule has 1 aliphatic carbocycles. The molecule has 0 heterocycles. The van der Waals surface area contributed by atoms with Crippen LogP contribution in [0.5, 0.6) is 0 Å². The van der Waals surface area contributed by atoms with Gasteiger partial charge < -0.3 is 24.9 Å². The Bertz CT molecular complexity index is 322. The zero-order chi connectivity index (χ0) is 15.2. The lowest BCUT2D eigenvalue weighted by molar-refractivity contribution is -0.0593. The fourth-order valence-electron chi connectivity index (χ4n) is 2.61. The van der Waals surface area contributed by atoms with Crippen molar-refractivity contribution in [2.75, 3.05) is 13.2 Å². The second-order valence-corrected chi connectivity index (χ2v) is 7.50. The summed E-state index contributed by atoms with van der Waals surface area (Å²) in [5, 5.41) is 22.9.